The van der Waals surface area contributed by atoms with E-state index in [1.54, 1.807) is 11.3 Å². The molecule has 1 unspecified atom stereocenters. The van der Waals surface area contributed by atoms with Crippen LogP contribution in [0.1, 0.15) is 35.3 Å². The summed E-state index contributed by atoms with van der Waals surface area (Å²) in [6.45, 7) is 5.26. The van der Waals surface area contributed by atoms with Crippen molar-refractivity contribution in [1.82, 2.24) is 10.3 Å². The fraction of sp³-hybridized carbons (Fsp3) is 0.400. The Bertz CT molecular complexity index is 522. The third kappa shape index (κ3) is 4.04. The Kier molecular flexibility index (Phi) is 4.93. The number of aromatic nitrogens is 1. The summed E-state index contributed by atoms with van der Waals surface area (Å²) in [5.41, 5.74) is 7.87. The van der Waals surface area contributed by atoms with E-state index in [1.165, 1.54) is 15.4 Å². The molecule has 102 valence electrons. The molecule has 3 N–H and O–H groups in total. The van der Waals surface area contributed by atoms with Gasteiger partial charge in [-0.25, -0.2) is 4.98 Å². The maximum absolute atomic E-state index is 5.77. The quantitative estimate of drug-likeness (QED) is 0.796. The Morgan fingerprint density at radius 2 is 2.26 bits per heavy atom. The van der Waals surface area contributed by atoms with E-state index in [2.05, 4.69) is 30.2 Å². The normalized spacial score (nSPS) is 12.5. The predicted molar refractivity (Wildman–Crippen MR) is 82.5 cm³/mol. The standard InChI is InChI=1S/C15H21N3S/c1-3-14-10-18-15(19-14)11(2)17-8-7-12-5-4-6-13(16)9-12/h4-6,9-11,17H,3,7-8,16H2,1-2H3. The summed E-state index contributed by atoms with van der Waals surface area (Å²) >= 11 is 1.80. The number of anilines is 1. The molecule has 0 spiro atoms. The molecular formula is C15H21N3S. The average Bonchev–Trinajstić information content (AvgIpc) is 2.87. The molecule has 19 heavy (non-hydrogen) atoms. The molecule has 0 aliphatic carbocycles. The molecule has 0 amide bonds. The molecule has 2 aromatic rings. The van der Waals surface area contributed by atoms with Gasteiger partial charge in [-0.3, -0.25) is 0 Å². The van der Waals surface area contributed by atoms with Gasteiger partial charge in [-0.05, 0) is 44.0 Å². The number of nitrogens with zero attached hydrogens (tertiary/aromatic N) is 1. The second kappa shape index (κ2) is 6.68. The van der Waals surface area contributed by atoms with Crippen molar-refractivity contribution < 1.29 is 0 Å². The number of aryl methyl sites for hydroxylation is 1. The highest BCUT2D eigenvalue weighted by Crippen LogP contribution is 2.20. The van der Waals surface area contributed by atoms with Crippen molar-refractivity contribution in [2.24, 2.45) is 0 Å². The first-order valence-corrected chi connectivity index (χ1v) is 7.53. The fourth-order valence-electron chi connectivity index (χ4n) is 1.96. The van der Waals surface area contributed by atoms with Crippen molar-refractivity contribution in [3.63, 3.8) is 0 Å². The van der Waals surface area contributed by atoms with Crippen molar-refractivity contribution in [1.29, 1.82) is 0 Å². The first-order valence-electron chi connectivity index (χ1n) is 6.71. The molecule has 0 aliphatic heterocycles. The third-order valence-corrected chi connectivity index (χ3v) is 4.43. The van der Waals surface area contributed by atoms with Crippen LogP contribution in [0.4, 0.5) is 5.69 Å². The van der Waals surface area contributed by atoms with Gasteiger partial charge in [0, 0.05) is 16.8 Å². The minimum absolute atomic E-state index is 0.311. The molecule has 4 heteroatoms. The van der Waals surface area contributed by atoms with E-state index in [-0.39, 0.29) is 0 Å². The zero-order chi connectivity index (χ0) is 13.7. The first kappa shape index (κ1) is 14.0. The molecule has 0 aliphatic rings. The second-order valence-corrected chi connectivity index (χ2v) is 5.84. The fourth-order valence-corrected chi connectivity index (χ4v) is 2.84. The second-order valence-electron chi connectivity index (χ2n) is 4.69. The molecule has 1 aromatic carbocycles. The van der Waals surface area contributed by atoms with Crippen molar-refractivity contribution in [3.05, 3.63) is 45.9 Å². The Labute approximate surface area is 118 Å². The zero-order valence-electron chi connectivity index (χ0n) is 11.5. The molecule has 2 rings (SSSR count). The summed E-state index contributed by atoms with van der Waals surface area (Å²) in [4.78, 5) is 5.81. The topological polar surface area (TPSA) is 50.9 Å². The molecule has 0 radical (unpaired) electrons. The van der Waals surface area contributed by atoms with E-state index in [0.29, 0.717) is 6.04 Å². The van der Waals surface area contributed by atoms with E-state index in [4.69, 9.17) is 5.73 Å². The lowest BCUT2D eigenvalue weighted by Crippen LogP contribution is -2.21. The number of nitrogens with one attached hydrogen (secondary N) is 1. The highest BCUT2D eigenvalue weighted by atomic mass is 32.1. The van der Waals surface area contributed by atoms with Gasteiger partial charge in [-0.15, -0.1) is 11.3 Å². The number of thiazole rings is 1. The molecule has 0 bridgehead atoms. The van der Waals surface area contributed by atoms with E-state index >= 15 is 0 Å². The molecule has 1 aromatic heterocycles. The summed E-state index contributed by atoms with van der Waals surface area (Å²) in [5.74, 6) is 0. The number of benzene rings is 1. The molecular weight excluding hydrogens is 254 g/mol. The van der Waals surface area contributed by atoms with Crippen LogP contribution in [-0.4, -0.2) is 11.5 Å². The minimum atomic E-state index is 0.311. The van der Waals surface area contributed by atoms with Gasteiger partial charge in [-0.2, -0.15) is 0 Å². The van der Waals surface area contributed by atoms with Gasteiger partial charge in [0.15, 0.2) is 0 Å². The number of hydrogen-bond donors (Lipinski definition) is 2. The lowest BCUT2D eigenvalue weighted by Gasteiger charge is -2.11. The molecule has 3 nitrogen and oxygen atoms in total. The van der Waals surface area contributed by atoms with Gasteiger partial charge in [-0.1, -0.05) is 19.1 Å². The van der Waals surface area contributed by atoms with Crippen LogP contribution in [0.2, 0.25) is 0 Å². The Morgan fingerprint density at radius 3 is 2.95 bits per heavy atom. The zero-order valence-corrected chi connectivity index (χ0v) is 12.3. The maximum Gasteiger partial charge on any atom is 0.109 e. The number of nitrogen functional groups attached to an aromatic ring is 1. The van der Waals surface area contributed by atoms with Gasteiger partial charge in [0.1, 0.15) is 5.01 Å². The van der Waals surface area contributed by atoms with Gasteiger partial charge < -0.3 is 11.1 Å². The van der Waals surface area contributed by atoms with Crippen LogP contribution >= 0.6 is 11.3 Å². The van der Waals surface area contributed by atoms with Gasteiger partial charge >= 0.3 is 0 Å². The van der Waals surface area contributed by atoms with Crippen LogP contribution in [0.3, 0.4) is 0 Å². The summed E-state index contributed by atoms with van der Waals surface area (Å²) in [6, 6.07) is 8.38. The van der Waals surface area contributed by atoms with Crippen molar-refractivity contribution in [3.8, 4) is 0 Å². The molecule has 1 atom stereocenters. The monoisotopic (exact) mass is 275 g/mol. The predicted octanol–water partition coefficient (Wildman–Crippen LogP) is 3.18. The van der Waals surface area contributed by atoms with Crippen LogP contribution < -0.4 is 11.1 Å². The van der Waals surface area contributed by atoms with Crippen LogP contribution in [0.15, 0.2) is 30.5 Å². The van der Waals surface area contributed by atoms with Crippen LogP contribution in [0.25, 0.3) is 0 Å². The van der Waals surface area contributed by atoms with E-state index in [0.717, 1.165) is 25.1 Å². The van der Waals surface area contributed by atoms with Gasteiger partial charge in [0.05, 0.1) is 6.04 Å². The summed E-state index contributed by atoms with van der Waals surface area (Å²) in [7, 11) is 0. The number of hydrogen-bond acceptors (Lipinski definition) is 4. The van der Waals surface area contributed by atoms with Gasteiger partial charge in [0.2, 0.25) is 0 Å². The maximum atomic E-state index is 5.77. The minimum Gasteiger partial charge on any atom is -0.399 e. The number of nitrogens with two attached hydrogens (primary N) is 1. The Balaban J connectivity index is 1.82. The van der Waals surface area contributed by atoms with E-state index in [1.807, 2.05) is 24.4 Å². The molecule has 0 saturated carbocycles. The molecule has 1 heterocycles. The lowest BCUT2D eigenvalue weighted by molar-refractivity contribution is 0.574. The smallest absolute Gasteiger partial charge is 0.109 e. The molecule has 0 fully saturated rings. The molecule has 0 saturated heterocycles. The van der Waals surface area contributed by atoms with Crippen molar-refractivity contribution in [2.45, 2.75) is 32.7 Å². The summed E-state index contributed by atoms with van der Waals surface area (Å²) in [5, 5.41) is 4.68. The lowest BCUT2D eigenvalue weighted by atomic mass is 10.1. The van der Waals surface area contributed by atoms with Crippen LogP contribution in [0, 0.1) is 0 Å². The highest BCUT2D eigenvalue weighted by Gasteiger charge is 2.09. The number of rotatable bonds is 6. The van der Waals surface area contributed by atoms with Gasteiger partial charge in [0.25, 0.3) is 0 Å². The van der Waals surface area contributed by atoms with E-state index in [9.17, 15) is 0 Å². The van der Waals surface area contributed by atoms with Crippen molar-refractivity contribution in [2.75, 3.05) is 12.3 Å². The first-order chi connectivity index (χ1) is 9.19. The van der Waals surface area contributed by atoms with Crippen LogP contribution in [0.5, 0.6) is 0 Å². The Morgan fingerprint density at radius 1 is 1.42 bits per heavy atom. The van der Waals surface area contributed by atoms with Crippen LogP contribution in [-0.2, 0) is 12.8 Å². The van der Waals surface area contributed by atoms with E-state index < -0.39 is 0 Å². The highest BCUT2D eigenvalue weighted by molar-refractivity contribution is 7.11. The largest absolute Gasteiger partial charge is 0.399 e. The Hall–Kier alpha value is -1.39. The summed E-state index contributed by atoms with van der Waals surface area (Å²) in [6.07, 6.45) is 4.03. The third-order valence-electron chi connectivity index (χ3n) is 3.11. The SMILES string of the molecule is CCc1cnc(C(C)NCCc2cccc(N)c2)s1. The average molecular weight is 275 g/mol. The van der Waals surface area contributed by atoms with Crippen molar-refractivity contribution >= 4 is 17.0 Å². The summed E-state index contributed by atoms with van der Waals surface area (Å²) < 4.78 is 0.